The monoisotopic (exact) mass is 195 g/mol. The maximum atomic E-state index is 11.7. The van der Waals surface area contributed by atoms with E-state index in [9.17, 15) is 4.79 Å². The van der Waals surface area contributed by atoms with E-state index in [0.717, 1.165) is 18.7 Å². The van der Waals surface area contributed by atoms with E-state index in [4.69, 9.17) is 0 Å². The predicted octanol–water partition coefficient (Wildman–Crippen LogP) is 1.36. The maximum absolute atomic E-state index is 11.7. The first-order valence-electron chi connectivity index (χ1n) is 5.04. The van der Waals surface area contributed by atoms with Crippen LogP contribution in [0.4, 0.5) is 0 Å². The Balaban J connectivity index is 2.61. The number of ketones is 1. The minimum absolute atomic E-state index is 0.173. The Morgan fingerprint density at radius 1 is 1.50 bits per heavy atom. The number of carbonyl (C=O) groups is 1. The van der Waals surface area contributed by atoms with Gasteiger partial charge >= 0.3 is 0 Å². The molecule has 0 bridgehead atoms. The van der Waals surface area contributed by atoms with Gasteiger partial charge in [-0.25, -0.2) is 4.98 Å². The van der Waals surface area contributed by atoms with E-state index in [0.29, 0.717) is 6.42 Å². The number of nitrogens with zero attached hydrogens (tertiary/aromatic N) is 3. The Labute approximate surface area is 84.3 Å². The van der Waals surface area contributed by atoms with E-state index >= 15 is 0 Å². The quantitative estimate of drug-likeness (QED) is 0.712. The van der Waals surface area contributed by atoms with Crippen molar-refractivity contribution in [1.29, 1.82) is 0 Å². The van der Waals surface area contributed by atoms with Gasteiger partial charge in [-0.05, 0) is 12.8 Å². The van der Waals surface area contributed by atoms with Gasteiger partial charge in [-0.2, -0.15) is 5.10 Å². The van der Waals surface area contributed by atoms with Crippen LogP contribution in [0.5, 0.6) is 0 Å². The van der Waals surface area contributed by atoms with Gasteiger partial charge in [-0.1, -0.05) is 13.8 Å². The fourth-order valence-electron chi connectivity index (χ4n) is 1.52. The number of hydrogen-bond acceptors (Lipinski definition) is 3. The van der Waals surface area contributed by atoms with Crippen LogP contribution >= 0.6 is 0 Å². The lowest BCUT2D eigenvalue weighted by molar-refractivity contribution is -0.122. The molecule has 0 radical (unpaired) electrons. The van der Waals surface area contributed by atoms with Gasteiger partial charge in [0.1, 0.15) is 17.9 Å². The van der Waals surface area contributed by atoms with E-state index in [1.807, 2.05) is 20.9 Å². The summed E-state index contributed by atoms with van der Waals surface area (Å²) in [6, 6.07) is 0. The number of carbonyl (C=O) groups excluding carboxylic acids is 1. The molecule has 78 valence electrons. The summed E-state index contributed by atoms with van der Waals surface area (Å²) in [5, 5.41) is 3.93. The fraction of sp³-hybridized carbons (Fsp3) is 0.700. The molecule has 0 saturated heterocycles. The molecule has 0 spiro atoms. The summed E-state index contributed by atoms with van der Waals surface area (Å²) < 4.78 is 1.65. The van der Waals surface area contributed by atoms with E-state index in [-0.39, 0.29) is 11.7 Å². The zero-order valence-electron chi connectivity index (χ0n) is 9.03. The number of Topliss-reactive ketones (excluding diaryl/α,β-unsaturated/α-hetero) is 1. The molecule has 0 aliphatic carbocycles. The molecular weight excluding hydrogens is 178 g/mol. The molecule has 1 rings (SSSR count). The fourth-order valence-corrected chi connectivity index (χ4v) is 1.52. The van der Waals surface area contributed by atoms with Crippen molar-refractivity contribution in [3.8, 4) is 0 Å². The molecule has 0 saturated carbocycles. The third-order valence-electron chi connectivity index (χ3n) is 2.58. The third kappa shape index (κ3) is 2.40. The minimum atomic E-state index is 0.173. The highest BCUT2D eigenvalue weighted by atomic mass is 16.1. The Morgan fingerprint density at radius 3 is 2.57 bits per heavy atom. The van der Waals surface area contributed by atoms with E-state index in [1.54, 1.807) is 4.68 Å². The molecule has 0 atom stereocenters. The topological polar surface area (TPSA) is 47.8 Å². The number of rotatable bonds is 5. The molecule has 0 unspecified atom stereocenters. The number of aryl methyl sites for hydroxylation is 1. The molecule has 0 fully saturated rings. The average Bonchev–Trinajstić information content (AvgIpc) is 2.54. The predicted molar refractivity (Wildman–Crippen MR) is 53.8 cm³/mol. The minimum Gasteiger partial charge on any atom is -0.299 e. The van der Waals surface area contributed by atoms with Crippen molar-refractivity contribution < 1.29 is 4.79 Å². The summed E-state index contributed by atoms with van der Waals surface area (Å²) in [7, 11) is 1.81. The van der Waals surface area contributed by atoms with E-state index < -0.39 is 0 Å². The molecule has 1 aromatic rings. The first-order chi connectivity index (χ1) is 6.69. The van der Waals surface area contributed by atoms with Gasteiger partial charge in [-0.15, -0.1) is 0 Å². The molecule has 1 heterocycles. The summed E-state index contributed by atoms with van der Waals surface area (Å²) in [5.41, 5.74) is 0. The maximum Gasteiger partial charge on any atom is 0.143 e. The normalized spacial score (nSPS) is 10.9. The van der Waals surface area contributed by atoms with Gasteiger partial charge in [0.2, 0.25) is 0 Å². The summed E-state index contributed by atoms with van der Waals surface area (Å²) in [4.78, 5) is 15.8. The average molecular weight is 195 g/mol. The second-order valence-electron chi connectivity index (χ2n) is 3.46. The van der Waals surface area contributed by atoms with Crippen LogP contribution in [0.1, 0.15) is 32.5 Å². The molecular formula is C10H17N3O. The van der Waals surface area contributed by atoms with Crippen LogP contribution in [0.25, 0.3) is 0 Å². The van der Waals surface area contributed by atoms with Crippen molar-refractivity contribution in [2.24, 2.45) is 13.0 Å². The molecule has 0 aliphatic rings. The van der Waals surface area contributed by atoms with E-state index in [2.05, 4.69) is 10.1 Å². The SMILES string of the molecule is CCC(CC)C(=O)Cc1ncnn1C. The first kappa shape index (κ1) is 10.9. The largest absolute Gasteiger partial charge is 0.299 e. The van der Waals surface area contributed by atoms with Gasteiger partial charge in [0.05, 0.1) is 6.42 Å². The molecule has 4 nitrogen and oxygen atoms in total. The van der Waals surface area contributed by atoms with Crippen LogP contribution in [0, 0.1) is 5.92 Å². The molecule has 0 aromatic carbocycles. The second kappa shape index (κ2) is 4.88. The Morgan fingerprint density at radius 2 is 2.14 bits per heavy atom. The molecule has 0 amide bonds. The lowest BCUT2D eigenvalue weighted by Crippen LogP contribution is -2.17. The van der Waals surface area contributed by atoms with Crippen LogP contribution in [0.2, 0.25) is 0 Å². The van der Waals surface area contributed by atoms with Gasteiger partial charge in [0.15, 0.2) is 0 Å². The summed E-state index contributed by atoms with van der Waals surface area (Å²) >= 11 is 0. The standard InChI is InChI=1S/C10H17N3O/c1-4-8(5-2)9(14)6-10-11-7-12-13(10)3/h7-8H,4-6H2,1-3H3. The van der Waals surface area contributed by atoms with Crippen molar-refractivity contribution in [1.82, 2.24) is 14.8 Å². The van der Waals surface area contributed by atoms with Crippen LogP contribution in [0.3, 0.4) is 0 Å². The van der Waals surface area contributed by atoms with Crippen LogP contribution in [-0.2, 0) is 18.3 Å². The Hall–Kier alpha value is -1.19. The first-order valence-corrected chi connectivity index (χ1v) is 5.04. The third-order valence-corrected chi connectivity index (χ3v) is 2.58. The summed E-state index contributed by atoms with van der Waals surface area (Å²) in [6.07, 6.45) is 3.71. The zero-order chi connectivity index (χ0) is 10.6. The highest BCUT2D eigenvalue weighted by Gasteiger charge is 2.16. The highest BCUT2D eigenvalue weighted by molar-refractivity contribution is 5.82. The second-order valence-corrected chi connectivity index (χ2v) is 3.46. The van der Waals surface area contributed by atoms with Crippen LogP contribution < -0.4 is 0 Å². The Kier molecular flexibility index (Phi) is 3.80. The number of aromatic nitrogens is 3. The Bertz CT molecular complexity index is 302. The smallest absolute Gasteiger partial charge is 0.143 e. The van der Waals surface area contributed by atoms with Crippen molar-refractivity contribution in [2.75, 3.05) is 0 Å². The van der Waals surface area contributed by atoms with Gasteiger partial charge in [0, 0.05) is 13.0 Å². The van der Waals surface area contributed by atoms with Crippen molar-refractivity contribution in [2.45, 2.75) is 33.1 Å². The van der Waals surface area contributed by atoms with Gasteiger partial charge in [-0.3, -0.25) is 9.48 Å². The molecule has 1 aromatic heterocycles. The molecule has 4 heteroatoms. The van der Waals surface area contributed by atoms with Crippen molar-refractivity contribution in [3.63, 3.8) is 0 Å². The lowest BCUT2D eigenvalue weighted by Gasteiger charge is -2.09. The number of hydrogen-bond donors (Lipinski definition) is 0. The van der Waals surface area contributed by atoms with Gasteiger partial charge in [0.25, 0.3) is 0 Å². The van der Waals surface area contributed by atoms with Crippen molar-refractivity contribution >= 4 is 5.78 Å². The van der Waals surface area contributed by atoms with Gasteiger partial charge < -0.3 is 0 Å². The highest BCUT2D eigenvalue weighted by Crippen LogP contribution is 2.11. The van der Waals surface area contributed by atoms with Crippen LogP contribution in [0.15, 0.2) is 6.33 Å². The molecule has 14 heavy (non-hydrogen) atoms. The van der Waals surface area contributed by atoms with Crippen molar-refractivity contribution in [3.05, 3.63) is 12.2 Å². The molecule has 0 N–H and O–H groups in total. The lowest BCUT2D eigenvalue weighted by atomic mass is 9.96. The summed E-state index contributed by atoms with van der Waals surface area (Å²) in [5.74, 6) is 1.19. The zero-order valence-corrected chi connectivity index (χ0v) is 9.03. The van der Waals surface area contributed by atoms with Crippen LogP contribution in [-0.4, -0.2) is 20.5 Å². The van der Waals surface area contributed by atoms with E-state index in [1.165, 1.54) is 6.33 Å². The molecule has 0 aliphatic heterocycles. The summed E-state index contributed by atoms with van der Waals surface area (Å²) in [6.45, 7) is 4.09.